The molecule has 0 aliphatic rings. The molecular formula is C18H27N5OS. The molecule has 1 aromatic carbocycles. The first kappa shape index (κ1) is 19.5. The SMILES string of the molecule is CC[C@H](c1nnc(SCCNC(C)=O)n1Cc1ccccc1)N(C)C. The van der Waals surface area contributed by atoms with Gasteiger partial charge >= 0.3 is 0 Å². The Morgan fingerprint density at radius 1 is 1.28 bits per heavy atom. The molecule has 1 heterocycles. The Labute approximate surface area is 154 Å². The summed E-state index contributed by atoms with van der Waals surface area (Å²) in [4.78, 5) is 13.2. The monoisotopic (exact) mass is 361 g/mol. The van der Waals surface area contributed by atoms with Gasteiger partial charge in [0.05, 0.1) is 12.6 Å². The molecule has 1 aromatic heterocycles. The number of nitrogens with zero attached hydrogens (tertiary/aromatic N) is 4. The first-order valence-corrected chi connectivity index (χ1v) is 9.52. The van der Waals surface area contributed by atoms with Crippen LogP contribution in [-0.4, -0.2) is 52.0 Å². The van der Waals surface area contributed by atoms with Gasteiger partial charge < -0.3 is 9.88 Å². The number of aromatic nitrogens is 3. The molecule has 0 unspecified atom stereocenters. The lowest BCUT2D eigenvalue weighted by atomic mass is 10.2. The second-order valence-corrected chi connectivity index (χ2v) is 7.19. The average molecular weight is 362 g/mol. The molecule has 0 saturated heterocycles. The topological polar surface area (TPSA) is 63.1 Å². The lowest BCUT2D eigenvalue weighted by Gasteiger charge is -2.23. The minimum absolute atomic E-state index is 0.00861. The quantitative estimate of drug-likeness (QED) is 0.549. The summed E-state index contributed by atoms with van der Waals surface area (Å²) in [7, 11) is 4.14. The highest BCUT2D eigenvalue weighted by atomic mass is 32.2. The summed E-state index contributed by atoms with van der Waals surface area (Å²) in [5.41, 5.74) is 1.22. The second kappa shape index (κ2) is 9.58. The van der Waals surface area contributed by atoms with Crippen LogP contribution in [-0.2, 0) is 11.3 Å². The Kier molecular flexibility index (Phi) is 7.46. The minimum Gasteiger partial charge on any atom is -0.356 e. The van der Waals surface area contributed by atoms with E-state index in [2.05, 4.69) is 58.1 Å². The van der Waals surface area contributed by atoms with Gasteiger partial charge in [-0.25, -0.2) is 0 Å². The Morgan fingerprint density at radius 3 is 2.60 bits per heavy atom. The van der Waals surface area contributed by atoms with E-state index in [1.807, 2.05) is 18.2 Å². The maximum Gasteiger partial charge on any atom is 0.216 e. The molecule has 1 amide bonds. The zero-order valence-electron chi connectivity index (χ0n) is 15.4. The van der Waals surface area contributed by atoms with Crippen LogP contribution < -0.4 is 5.32 Å². The summed E-state index contributed by atoms with van der Waals surface area (Å²) in [5, 5.41) is 12.6. The standard InChI is InChI=1S/C18H27N5OS/c1-5-16(22(3)4)17-20-21-18(25-12-11-19-14(2)24)23(17)13-15-9-7-6-8-10-15/h6-10,16H,5,11-13H2,1-4H3,(H,19,24)/t16-/m1/s1. The van der Waals surface area contributed by atoms with Crippen molar-refractivity contribution in [3.05, 3.63) is 41.7 Å². The lowest BCUT2D eigenvalue weighted by molar-refractivity contribution is -0.118. The lowest BCUT2D eigenvalue weighted by Crippen LogP contribution is -2.24. The first-order chi connectivity index (χ1) is 12.0. The van der Waals surface area contributed by atoms with Gasteiger partial charge in [-0.3, -0.25) is 9.69 Å². The number of hydrogen-bond donors (Lipinski definition) is 1. The molecule has 2 aromatic rings. The van der Waals surface area contributed by atoms with Crippen molar-refractivity contribution in [3.8, 4) is 0 Å². The van der Waals surface area contributed by atoms with Crippen molar-refractivity contribution in [2.75, 3.05) is 26.4 Å². The van der Waals surface area contributed by atoms with Gasteiger partial charge in [0.15, 0.2) is 11.0 Å². The van der Waals surface area contributed by atoms with E-state index in [0.717, 1.165) is 29.7 Å². The summed E-state index contributed by atoms with van der Waals surface area (Å²) in [6.07, 6.45) is 0.969. The fourth-order valence-corrected chi connectivity index (χ4v) is 3.52. The van der Waals surface area contributed by atoms with Crippen molar-refractivity contribution in [1.82, 2.24) is 25.0 Å². The molecule has 0 aliphatic carbocycles. The molecule has 25 heavy (non-hydrogen) atoms. The van der Waals surface area contributed by atoms with E-state index in [0.29, 0.717) is 6.54 Å². The third-order valence-corrected chi connectivity index (χ3v) is 4.91. The minimum atomic E-state index is -0.00861. The van der Waals surface area contributed by atoms with Gasteiger partial charge in [0.1, 0.15) is 0 Å². The van der Waals surface area contributed by atoms with Crippen molar-refractivity contribution in [2.45, 2.75) is 38.0 Å². The van der Waals surface area contributed by atoms with Gasteiger partial charge in [-0.2, -0.15) is 0 Å². The maximum atomic E-state index is 11.0. The normalized spacial score (nSPS) is 12.4. The van der Waals surface area contributed by atoms with E-state index in [1.54, 1.807) is 11.8 Å². The molecule has 0 fully saturated rings. The number of carbonyl (C=O) groups is 1. The summed E-state index contributed by atoms with van der Waals surface area (Å²) in [6.45, 7) is 5.06. The molecule has 0 bridgehead atoms. The van der Waals surface area contributed by atoms with Crippen LogP contribution in [0, 0.1) is 0 Å². The Hall–Kier alpha value is -1.86. The van der Waals surface area contributed by atoms with Crippen LogP contribution >= 0.6 is 11.8 Å². The number of amides is 1. The van der Waals surface area contributed by atoms with Gasteiger partial charge in [0.25, 0.3) is 0 Å². The number of rotatable bonds is 9. The van der Waals surface area contributed by atoms with E-state index in [-0.39, 0.29) is 11.9 Å². The van der Waals surface area contributed by atoms with Crippen molar-refractivity contribution >= 4 is 17.7 Å². The van der Waals surface area contributed by atoms with Crippen molar-refractivity contribution in [2.24, 2.45) is 0 Å². The van der Waals surface area contributed by atoms with Crippen LogP contribution in [0.1, 0.15) is 37.7 Å². The van der Waals surface area contributed by atoms with Gasteiger partial charge in [-0.15, -0.1) is 10.2 Å². The van der Waals surface area contributed by atoms with Crippen molar-refractivity contribution in [3.63, 3.8) is 0 Å². The third-order valence-electron chi connectivity index (χ3n) is 3.94. The molecule has 0 aliphatic heterocycles. The molecule has 7 heteroatoms. The number of nitrogens with one attached hydrogen (secondary N) is 1. The van der Waals surface area contributed by atoms with Crippen LogP contribution in [0.2, 0.25) is 0 Å². The Bertz CT molecular complexity index is 671. The smallest absolute Gasteiger partial charge is 0.216 e. The molecule has 0 spiro atoms. The number of thioether (sulfide) groups is 1. The van der Waals surface area contributed by atoms with Gasteiger partial charge in [0.2, 0.25) is 5.91 Å². The maximum absolute atomic E-state index is 11.0. The van der Waals surface area contributed by atoms with Gasteiger partial charge in [-0.1, -0.05) is 49.0 Å². The van der Waals surface area contributed by atoms with Crippen molar-refractivity contribution in [1.29, 1.82) is 0 Å². The molecular weight excluding hydrogens is 334 g/mol. The van der Waals surface area contributed by atoms with Crippen molar-refractivity contribution < 1.29 is 4.79 Å². The predicted molar refractivity (Wildman–Crippen MR) is 102 cm³/mol. The second-order valence-electron chi connectivity index (χ2n) is 6.13. The summed E-state index contributed by atoms with van der Waals surface area (Å²) in [6, 6.07) is 10.6. The van der Waals surface area contributed by atoms with Crippen LogP contribution in [0.25, 0.3) is 0 Å². The molecule has 6 nitrogen and oxygen atoms in total. The number of hydrogen-bond acceptors (Lipinski definition) is 5. The number of carbonyl (C=O) groups excluding carboxylic acids is 1. The summed E-state index contributed by atoms with van der Waals surface area (Å²) >= 11 is 1.62. The van der Waals surface area contributed by atoms with E-state index < -0.39 is 0 Å². The Morgan fingerprint density at radius 2 is 2.00 bits per heavy atom. The molecule has 136 valence electrons. The van der Waals surface area contributed by atoms with E-state index in [1.165, 1.54) is 12.5 Å². The predicted octanol–water partition coefficient (Wildman–Crippen LogP) is 2.57. The molecule has 2 rings (SSSR count). The van der Waals surface area contributed by atoms with E-state index >= 15 is 0 Å². The summed E-state index contributed by atoms with van der Waals surface area (Å²) < 4.78 is 2.20. The van der Waals surface area contributed by atoms with Crippen LogP contribution in [0.5, 0.6) is 0 Å². The van der Waals surface area contributed by atoms with Gasteiger partial charge in [0, 0.05) is 19.2 Å². The highest BCUT2D eigenvalue weighted by molar-refractivity contribution is 7.99. The van der Waals surface area contributed by atoms with Crippen LogP contribution in [0.3, 0.4) is 0 Å². The largest absolute Gasteiger partial charge is 0.356 e. The fourth-order valence-electron chi connectivity index (χ4n) is 2.72. The molecule has 1 atom stereocenters. The van der Waals surface area contributed by atoms with Crippen LogP contribution in [0.15, 0.2) is 35.5 Å². The zero-order chi connectivity index (χ0) is 18.2. The van der Waals surface area contributed by atoms with Crippen LogP contribution in [0.4, 0.5) is 0 Å². The average Bonchev–Trinajstić information content (AvgIpc) is 2.95. The van der Waals surface area contributed by atoms with E-state index in [4.69, 9.17) is 0 Å². The molecule has 1 N–H and O–H groups in total. The van der Waals surface area contributed by atoms with Gasteiger partial charge in [-0.05, 0) is 26.1 Å². The van der Waals surface area contributed by atoms with E-state index in [9.17, 15) is 4.79 Å². The third kappa shape index (κ3) is 5.57. The fraction of sp³-hybridized carbons (Fsp3) is 0.500. The highest BCUT2D eigenvalue weighted by Crippen LogP contribution is 2.26. The zero-order valence-corrected chi connectivity index (χ0v) is 16.2. The molecule has 0 saturated carbocycles. The summed E-state index contributed by atoms with van der Waals surface area (Å²) in [5.74, 6) is 1.75. The Balaban J connectivity index is 2.22. The molecule has 0 radical (unpaired) electrons. The number of benzene rings is 1. The highest BCUT2D eigenvalue weighted by Gasteiger charge is 2.22. The first-order valence-electron chi connectivity index (χ1n) is 8.53.